The van der Waals surface area contributed by atoms with E-state index < -0.39 is 8.07 Å². The normalized spacial score (nSPS) is 13.1. The van der Waals surface area contributed by atoms with Crippen molar-refractivity contribution in [3.05, 3.63) is 200 Å². The third-order valence-electron chi connectivity index (χ3n) is 11.9. The number of hydrogen-bond acceptors (Lipinski definition) is 3. The second kappa shape index (κ2) is 12.5. The molecule has 1 aliphatic heterocycles. The van der Waals surface area contributed by atoms with Gasteiger partial charge in [-0.2, -0.15) is 0 Å². The molecule has 4 heterocycles. The third kappa shape index (κ3) is 4.58. The Kier molecular flexibility index (Phi) is 7.12. The molecular formula is C52H33N3SSi. The molecule has 0 fully saturated rings. The van der Waals surface area contributed by atoms with Gasteiger partial charge in [-0.25, -0.2) is 9.97 Å². The fourth-order valence-corrected chi connectivity index (χ4v) is 16.0. The molecule has 3 nitrogen and oxygen atoms in total. The van der Waals surface area contributed by atoms with Gasteiger partial charge < -0.3 is 4.57 Å². The molecule has 12 rings (SSSR count). The maximum absolute atomic E-state index is 5.75. The number of benzene rings is 8. The molecule has 0 spiro atoms. The van der Waals surface area contributed by atoms with Gasteiger partial charge in [-0.15, -0.1) is 11.3 Å². The van der Waals surface area contributed by atoms with Gasteiger partial charge in [0.25, 0.3) is 0 Å². The lowest BCUT2D eigenvalue weighted by Crippen LogP contribution is -2.73. The molecule has 3 aromatic heterocycles. The first-order chi connectivity index (χ1) is 28.3. The van der Waals surface area contributed by atoms with Crippen LogP contribution in [0, 0.1) is 0 Å². The molecule has 0 saturated carbocycles. The monoisotopic (exact) mass is 759 g/mol. The molecule has 0 atom stereocenters. The molecule has 57 heavy (non-hydrogen) atoms. The Hall–Kier alpha value is -6.92. The Morgan fingerprint density at radius 2 is 1.00 bits per heavy atom. The van der Waals surface area contributed by atoms with Crippen LogP contribution in [-0.2, 0) is 0 Å². The minimum absolute atomic E-state index is 0.731. The van der Waals surface area contributed by atoms with Crippen LogP contribution in [0.3, 0.4) is 0 Å². The average Bonchev–Trinajstić information content (AvgIpc) is 3.94. The van der Waals surface area contributed by atoms with Gasteiger partial charge in [0.2, 0.25) is 0 Å². The van der Waals surface area contributed by atoms with Crippen LogP contribution in [-0.4, -0.2) is 22.6 Å². The summed E-state index contributed by atoms with van der Waals surface area (Å²) < 4.78 is 5.11. The molecule has 0 radical (unpaired) electrons. The fourth-order valence-electron chi connectivity index (χ4n) is 9.57. The lowest BCUT2D eigenvalue weighted by Gasteiger charge is -2.32. The summed E-state index contributed by atoms with van der Waals surface area (Å²) >= 11 is 1.88. The van der Waals surface area contributed by atoms with E-state index in [1.807, 2.05) is 11.3 Å². The van der Waals surface area contributed by atoms with Gasteiger partial charge in [0.1, 0.15) is 0 Å². The van der Waals surface area contributed by atoms with Crippen LogP contribution in [0.5, 0.6) is 0 Å². The summed E-state index contributed by atoms with van der Waals surface area (Å²) in [6.07, 6.45) is 0. The van der Waals surface area contributed by atoms with Crippen LogP contribution in [0.4, 0.5) is 0 Å². The van der Waals surface area contributed by atoms with Crippen LogP contribution in [0.2, 0.25) is 0 Å². The smallest absolute Gasteiger partial charge is 0.185 e. The molecule has 0 unspecified atom stereocenters. The zero-order valence-corrected chi connectivity index (χ0v) is 32.6. The molecule has 8 aromatic carbocycles. The van der Waals surface area contributed by atoms with E-state index in [-0.39, 0.29) is 0 Å². The third-order valence-corrected chi connectivity index (χ3v) is 18.0. The van der Waals surface area contributed by atoms with Crippen LogP contribution in [0.1, 0.15) is 0 Å². The van der Waals surface area contributed by atoms with Gasteiger partial charge in [-0.1, -0.05) is 182 Å². The van der Waals surface area contributed by atoms with Gasteiger partial charge in [0.15, 0.2) is 13.9 Å². The van der Waals surface area contributed by atoms with Crippen molar-refractivity contribution in [1.29, 1.82) is 0 Å². The van der Waals surface area contributed by atoms with E-state index in [0.29, 0.717) is 0 Å². The first kappa shape index (κ1) is 32.3. The maximum atomic E-state index is 5.75. The van der Waals surface area contributed by atoms with Crippen molar-refractivity contribution in [1.82, 2.24) is 14.5 Å². The summed E-state index contributed by atoms with van der Waals surface area (Å²) in [5.74, 6) is 0.731. The number of hydrogen-bond donors (Lipinski definition) is 0. The average molecular weight is 760 g/mol. The molecule has 0 aliphatic carbocycles. The predicted octanol–water partition coefficient (Wildman–Crippen LogP) is 10.6. The van der Waals surface area contributed by atoms with Crippen LogP contribution in [0.15, 0.2) is 200 Å². The second-order valence-corrected chi connectivity index (χ2v) is 19.6. The highest BCUT2D eigenvalue weighted by molar-refractivity contribution is 7.26. The largest absolute Gasteiger partial charge is 0.307 e. The SMILES string of the molecule is c1ccc(-c2nc(-c3ccccc3-n3c4ccccc4c4ccc5c6ccccc6sc5c43)c3c(n2)-c2ccccc2[Si]3(c2ccccc2)c2ccccc2)cc1. The lowest BCUT2D eigenvalue weighted by atomic mass is 10.0. The summed E-state index contributed by atoms with van der Waals surface area (Å²) in [4.78, 5) is 11.3. The lowest BCUT2D eigenvalue weighted by molar-refractivity contribution is 1.16. The maximum Gasteiger partial charge on any atom is 0.185 e. The van der Waals surface area contributed by atoms with Crippen LogP contribution < -0.4 is 20.7 Å². The summed E-state index contributed by atoms with van der Waals surface area (Å²) in [5.41, 5.74) is 8.80. The minimum Gasteiger partial charge on any atom is -0.307 e. The highest BCUT2D eigenvalue weighted by atomic mass is 32.1. The molecule has 0 saturated heterocycles. The van der Waals surface area contributed by atoms with Crippen molar-refractivity contribution in [2.75, 3.05) is 0 Å². The molecule has 0 amide bonds. The quantitative estimate of drug-likeness (QED) is 0.164. The highest BCUT2D eigenvalue weighted by Gasteiger charge is 2.52. The Morgan fingerprint density at radius 1 is 0.439 bits per heavy atom. The summed E-state index contributed by atoms with van der Waals surface area (Å²) in [6.45, 7) is 0. The number of rotatable bonds is 5. The zero-order chi connectivity index (χ0) is 37.5. The van der Waals surface area contributed by atoms with E-state index in [9.17, 15) is 0 Å². The molecule has 0 bridgehead atoms. The Morgan fingerprint density at radius 3 is 1.75 bits per heavy atom. The zero-order valence-electron chi connectivity index (χ0n) is 30.8. The Bertz CT molecular complexity index is 3310. The number of para-hydroxylation sites is 2. The van der Waals surface area contributed by atoms with Crippen molar-refractivity contribution < 1.29 is 0 Å². The molecular weight excluding hydrogens is 727 g/mol. The van der Waals surface area contributed by atoms with Crippen molar-refractivity contribution in [2.45, 2.75) is 0 Å². The standard InChI is InChI=1S/C52H33N3SSi/c1-4-18-34(19-5-1)52-53-47(51-48(54-52)42-27-13-17-31-46(42)57(51,35-20-6-2-7-21-35)36-22-8-3-9-23-36)41-26-11-15-29-44(41)55-43-28-14-10-24-37(43)39-32-33-40-38-25-12-16-30-45(38)56-50(40)49(39)55/h1-33H. The number of fused-ring (bicyclic) bond motifs is 10. The number of aromatic nitrogens is 3. The predicted molar refractivity (Wildman–Crippen MR) is 243 cm³/mol. The molecule has 5 heteroatoms. The number of nitrogens with zero attached hydrogens (tertiary/aromatic N) is 3. The van der Waals surface area contributed by atoms with Crippen molar-refractivity contribution in [2.24, 2.45) is 0 Å². The second-order valence-electron chi connectivity index (χ2n) is 14.8. The topological polar surface area (TPSA) is 30.7 Å². The van der Waals surface area contributed by atoms with E-state index >= 15 is 0 Å². The van der Waals surface area contributed by atoms with Crippen molar-refractivity contribution in [3.8, 4) is 39.6 Å². The minimum atomic E-state index is -2.99. The Balaban J connectivity index is 1.26. The van der Waals surface area contributed by atoms with E-state index in [2.05, 4.69) is 205 Å². The van der Waals surface area contributed by atoms with Crippen LogP contribution in [0.25, 0.3) is 81.6 Å². The summed E-state index contributed by atoms with van der Waals surface area (Å²) in [6, 6.07) is 73.0. The van der Waals surface area contributed by atoms with Crippen molar-refractivity contribution >= 4 is 82.1 Å². The Labute approximate surface area is 334 Å². The first-order valence-corrected chi connectivity index (χ1v) is 22.2. The van der Waals surface area contributed by atoms with E-state index in [1.54, 1.807) is 0 Å². The molecule has 1 aliphatic rings. The van der Waals surface area contributed by atoms with Gasteiger partial charge >= 0.3 is 0 Å². The van der Waals surface area contributed by atoms with Gasteiger partial charge in [0.05, 0.1) is 32.8 Å². The van der Waals surface area contributed by atoms with E-state index in [1.165, 1.54) is 68.3 Å². The number of thiophene rings is 1. The van der Waals surface area contributed by atoms with E-state index in [0.717, 1.165) is 34.0 Å². The molecule has 266 valence electrons. The first-order valence-electron chi connectivity index (χ1n) is 19.4. The molecule has 0 N–H and O–H groups in total. The van der Waals surface area contributed by atoms with Gasteiger partial charge in [0, 0.05) is 48.1 Å². The van der Waals surface area contributed by atoms with Crippen LogP contribution >= 0.6 is 11.3 Å². The highest BCUT2D eigenvalue weighted by Crippen LogP contribution is 2.44. The van der Waals surface area contributed by atoms with Crippen molar-refractivity contribution in [3.63, 3.8) is 0 Å². The van der Waals surface area contributed by atoms with Gasteiger partial charge in [-0.05, 0) is 33.8 Å². The fraction of sp³-hybridized carbons (Fsp3) is 0. The summed E-state index contributed by atoms with van der Waals surface area (Å²) in [7, 11) is -2.99. The van der Waals surface area contributed by atoms with E-state index in [4.69, 9.17) is 9.97 Å². The molecule has 11 aromatic rings. The van der Waals surface area contributed by atoms with Gasteiger partial charge in [-0.3, -0.25) is 0 Å². The summed E-state index contributed by atoms with van der Waals surface area (Å²) in [5, 5.41) is 10.3.